The molecule has 0 aliphatic carbocycles. The number of nitrogen functional groups attached to an aromatic ring is 1. The quantitative estimate of drug-likeness (QED) is 0.303. The van der Waals surface area contributed by atoms with Crippen LogP contribution >= 0.6 is 0 Å². The van der Waals surface area contributed by atoms with E-state index < -0.39 is 0 Å². The average molecular weight is 453 g/mol. The molecule has 0 saturated heterocycles. The van der Waals surface area contributed by atoms with Gasteiger partial charge in [0.2, 0.25) is 0 Å². The summed E-state index contributed by atoms with van der Waals surface area (Å²) in [6.07, 6.45) is 4.99. The first-order valence-corrected chi connectivity index (χ1v) is 12.4. The largest absolute Gasteiger partial charge is 0.399 e. The molecule has 0 aromatic heterocycles. The predicted octanol–water partition coefficient (Wildman–Crippen LogP) is 6.50. The van der Waals surface area contributed by atoms with Gasteiger partial charge in [-0.05, 0) is 84.2 Å². The Morgan fingerprint density at radius 2 is 1.53 bits per heavy atom. The van der Waals surface area contributed by atoms with E-state index in [0.717, 1.165) is 43.6 Å². The maximum absolute atomic E-state index is 9.61. The number of hydrogen-bond acceptors (Lipinski definition) is 3. The molecule has 3 heteroatoms. The Labute approximate surface area is 204 Å². The molecule has 3 N–H and O–H groups in total. The monoisotopic (exact) mass is 452 g/mol. The molecular weight excluding hydrogens is 416 g/mol. The third kappa shape index (κ3) is 5.67. The van der Waals surface area contributed by atoms with E-state index in [4.69, 9.17) is 5.73 Å². The number of nitrogens with zero attached hydrogens (tertiary/aromatic N) is 1. The Bertz CT molecular complexity index is 1130. The van der Waals surface area contributed by atoms with Gasteiger partial charge in [-0.3, -0.25) is 4.90 Å². The van der Waals surface area contributed by atoms with E-state index in [1.165, 1.54) is 33.4 Å². The number of aliphatic hydroxyl groups excluding tert-OH is 1. The van der Waals surface area contributed by atoms with Crippen LogP contribution in [0.25, 0.3) is 16.7 Å². The molecule has 1 aliphatic heterocycles. The van der Waals surface area contributed by atoms with Gasteiger partial charge in [-0.2, -0.15) is 0 Å². The van der Waals surface area contributed by atoms with Gasteiger partial charge in [-0.25, -0.2) is 0 Å². The van der Waals surface area contributed by atoms with Crippen LogP contribution in [0.2, 0.25) is 0 Å². The summed E-state index contributed by atoms with van der Waals surface area (Å²) in [5.41, 5.74) is 15.5. The van der Waals surface area contributed by atoms with Crippen molar-refractivity contribution in [2.45, 2.75) is 39.2 Å². The van der Waals surface area contributed by atoms with Gasteiger partial charge in [0.1, 0.15) is 0 Å². The number of aliphatic hydroxyl groups is 1. The minimum Gasteiger partial charge on any atom is -0.399 e. The minimum absolute atomic E-state index is 0.172. The highest BCUT2D eigenvalue weighted by molar-refractivity contribution is 5.99. The maximum Gasteiger partial charge on any atom is 0.0434 e. The van der Waals surface area contributed by atoms with Gasteiger partial charge in [-0.15, -0.1) is 0 Å². The number of hydrogen-bond donors (Lipinski definition) is 2. The summed E-state index contributed by atoms with van der Waals surface area (Å²) >= 11 is 0. The molecule has 4 rings (SSSR count). The normalized spacial score (nSPS) is 15.2. The fraction of sp³-hybridized carbons (Fsp3) is 0.290. The summed E-state index contributed by atoms with van der Waals surface area (Å²) < 4.78 is 0. The first kappa shape index (κ1) is 24.0. The van der Waals surface area contributed by atoms with E-state index in [2.05, 4.69) is 85.5 Å². The van der Waals surface area contributed by atoms with E-state index in [1.807, 2.05) is 18.2 Å². The van der Waals surface area contributed by atoms with Gasteiger partial charge in [-0.1, -0.05) is 72.8 Å². The highest BCUT2D eigenvalue weighted by atomic mass is 16.2. The second kappa shape index (κ2) is 11.3. The van der Waals surface area contributed by atoms with Crippen molar-refractivity contribution in [1.29, 1.82) is 0 Å². The van der Waals surface area contributed by atoms with Crippen LogP contribution in [0.1, 0.15) is 55.4 Å². The van der Waals surface area contributed by atoms with Gasteiger partial charge in [0.05, 0.1) is 0 Å². The highest BCUT2D eigenvalue weighted by Gasteiger charge is 2.17. The lowest BCUT2D eigenvalue weighted by Crippen LogP contribution is -2.34. The molecule has 3 aromatic rings. The zero-order chi connectivity index (χ0) is 23.9. The van der Waals surface area contributed by atoms with E-state index in [0.29, 0.717) is 6.04 Å². The van der Waals surface area contributed by atoms with E-state index in [9.17, 15) is 5.11 Å². The van der Waals surface area contributed by atoms with Crippen molar-refractivity contribution in [3.8, 4) is 0 Å². The molecule has 0 saturated carbocycles. The number of benzene rings is 3. The Morgan fingerprint density at radius 1 is 0.882 bits per heavy atom. The second-order valence-electron chi connectivity index (χ2n) is 9.31. The predicted molar refractivity (Wildman–Crippen MR) is 145 cm³/mol. The Kier molecular flexibility index (Phi) is 7.99. The van der Waals surface area contributed by atoms with Crippen molar-refractivity contribution in [3.05, 3.63) is 107 Å². The number of rotatable bonds is 8. The molecule has 0 atom stereocenters. The van der Waals surface area contributed by atoms with Crippen LogP contribution in [0.4, 0.5) is 5.69 Å². The van der Waals surface area contributed by atoms with Crippen LogP contribution in [-0.2, 0) is 0 Å². The van der Waals surface area contributed by atoms with E-state index >= 15 is 0 Å². The third-order valence-electron chi connectivity index (χ3n) is 6.72. The molecule has 0 unspecified atom stereocenters. The van der Waals surface area contributed by atoms with Crippen LogP contribution in [0, 0.1) is 0 Å². The summed E-state index contributed by atoms with van der Waals surface area (Å²) in [5, 5.41) is 9.61. The summed E-state index contributed by atoms with van der Waals surface area (Å²) in [6.45, 7) is 6.83. The van der Waals surface area contributed by atoms with Crippen molar-refractivity contribution < 1.29 is 5.11 Å². The fourth-order valence-electron chi connectivity index (χ4n) is 4.74. The molecular formula is C31H36N2O. The van der Waals surface area contributed by atoms with Crippen LogP contribution in [0.5, 0.6) is 0 Å². The topological polar surface area (TPSA) is 49.5 Å². The van der Waals surface area contributed by atoms with E-state index in [-0.39, 0.29) is 6.61 Å². The first-order chi connectivity index (χ1) is 16.6. The zero-order valence-electron chi connectivity index (χ0n) is 20.4. The summed E-state index contributed by atoms with van der Waals surface area (Å²) in [4.78, 5) is 2.51. The van der Waals surface area contributed by atoms with Crippen LogP contribution in [0.3, 0.4) is 0 Å². The molecule has 0 radical (unpaired) electrons. The van der Waals surface area contributed by atoms with Gasteiger partial charge in [0.25, 0.3) is 0 Å². The van der Waals surface area contributed by atoms with Gasteiger partial charge in [0.15, 0.2) is 0 Å². The summed E-state index contributed by atoms with van der Waals surface area (Å²) in [5.74, 6) is 0. The van der Waals surface area contributed by atoms with Crippen LogP contribution < -0.4 is 5.73 Å². The molecule has 34 heavy (non-hydrogen) atoms. The molecule has 176 valence electrons. The molecule has 0 spiro atoms. The third-order valence-corrected chi connectivity index (χ3v) is 6.72. The fourth-order valence-corrected chi connectivity index (χ4v) is 4.74. The van der Waals surface area contributed by atoms with Crippen molar-refractivity contribution >= 4 is 22.4 Å². The van der Waals surface area contributed by atoms with Crippen molar-refractivity contribution in [3.63, 3.8) is 0 Å². The van der Waals surface area contributed by atoms with Gasteiger partial charge < -0.3 is 10.8 Å². The van der Waals surface area contributed by atoms with Crippen molar-refractivity contribution in [2.24, 2.45) is 0 Å². The smallest absolute Gasteiger partial charge is 0.0434 e. The summed E-state index contributed by atoms with van der Waals surface area (Å²) in [7, 11) is 0. The Morgan fingerprint density at radius 3 is 2.09 bits per heavy atom. The molecule has 0 amide bonds. The molecule has 3 nitrogen and oxygen atoms in total. The standard InChI is InChI=1S/C31H36N2O/c1-23(2)33-20-18-25(19-21-33)24-10-12-27(13-11-24)31(28-14-16-29(32)17-15-28)30(9-6-22-34)26-7-4-3-5-8-26/h3-5,7-8,10-18,23,34H,6,9,19-22,32H2,1-2H3/b31-30+. The number of anilines is 1. The van der Waals surface area contributed by atoms with E-state index in [1.54, 1.807) is 0 Å². The van der Waals surface area contributed by atoms with Crippen molar-refractivity contribution in [2.75, 3.05) is 25.4 Å². The highest BCUT2D eigenvalue weighted by Crippen LogP contribution is 2.36. The van der Waals surface area contributed by atoms with Crippen LogP contribution in [-0.4, -0.2) is 35.7 Å². The summed E-state index contributed by atoms with van der Waals surface area (Å²) in [6, 6.07) is 28.3. The van der Waals surface area contributed by atoms with Crippen molar-refractivity contribution in [1.82, 2.24) is 4.90 Å². The Hall–Kier alpha value is -3.14. The Balaban J connectivity index is 1.76. The van der Waals surface area contributed by atoms with Crippen LogP contribution in [0.15, 0.2) is 84.9 Å². The minimum atomic E-state index is 0.172. The SMILES string of the molecule is CC(C)N1CC=C(c2ccc(/C(=C(/CCCO)c3ccccc3)c3ccc(N)cc3)cc2)CC1. The second-order valence-corrected chi connectivity index (χ2v) is 9.31. The lowest BCUT2D eigenvalue weighted by Gasteiger charge is -2.29. The maximum atomic E-state index is 9.61. The molecule has 0 bridgehead atoms. The average Bonchev–Trinajstić information content (AvgIpc) is 2.88. The zero-order valence-corrected chi connectivity index (χ0v) is 20.4. The first-order valence-electron chi connectivity index (χ1n) is 12.4. The molecule has 1 aliphatic rings. The molecule has 0 fully saturated rings. The van der Waals surface area contributed by atoms with Gasteiger partial charge in [0, 0.05) is 31.4 Å². The lowest BCUT2D eigenvalue weighted by molar-refractivity contribution is 0.245. The number of allylic oxidation sites excluding steroid dienone is 1. The lowest BCUT2D eigenvalue weighted by atomic mass is 9.86. The molecule has 3 aromatic carbocycles. The van der Waals surface area contributed by atoms with Gasteiger partial charge >= 0.3 is 0 Å². The number of nitrogens with two attached hydrogens (primary N) is 1. The molecule has 1 heterocycles.